The summed E-state index contributed by atoms with van der Waals surface area (Å²) in [4.78, 5) is 8.78. The van der Waals surface area contributed by atoms with E-state index < -0.39 is 6.09 Å². The van der Waals surface area contributed by atoms with Crippen LogP contribution in [-0.2, 0) is 0 Å². The second-order valence-electron chi connectivity index (χ2n) is 1.91. The molecular weight excluding hydrogens is 132 g/mol. The Morgan fingerprint density at radius 1 is 1.50 bits per heavy atom. The second kappa shape index (κ2) is 8.23. The highest BCUT2D eigenvalue weighted by molar-refractivity contribution is 5.61. The molecule has 0 aliphatic rings. The molecule has 10 heavy (non-hydrogen) atoms. The van der Waals surface area contributed by atoms with E-state index in [1.54, 1.807) is 0 Å². The molecule has 0 atom stereocenters. The maximum atomic E-state index is 8.78. The van der Waals surface area contributed by atoms with Gasteiger partial charge in [0.25, 0.3) is 0 Å². The van der Waals surface area contributed by atoms with Gasteiger partial charge in [-0.1, -0.05) is 13.8 Å². The minimum atomic E-state index is -1.33. The van der Waals surface area contributed by atoms with Crippen LogP contribution in [0.5, 0.6) is 0 Å². The van der Waals surface area contributed by atoms with Crippen molar-refractivity contribution in [1.29, 1.82) is 0 Å². The number of rotatable bonds is 2. The Bertz CT molecular complexity index is 77.8. The van der Waals surface area contributed by atoms with Gasteiger partial charge in [0.15, 0.2) is 0 Å². The van der Waals surface area contributed by atoms with E-state index in [1.165, 1.54) is 0 Å². The molecule has 4 nitrogen and oxygen atoms in total. The van der Waals surface area contributed by atoms with Gasteiger partial charge in [0.2, 0.25) is 0 Å². The van der Waals surface area contributed by atoms with E-state index in [2.05, 4.69) is 19.6 Å². The van der Waals surface area contributed by atoms with E-state index in [4.69, 9.17) is 15.6 Å². The molecule has 0 spiro atoms. The third kappa shape index (κ3) is 26.9. The van der Waals surface area contributed by atoms with Gasteiger partial charge in [-0.15, -0.1) is 0 Å². The van der Waals surface area contributed by atoms with E-state index in [1.807, 2.05) is 0 Å². The highest BCUT2D eigenvalue weighted by Gasteiger charge is 1.88. The van der Waals surface area contributed by atoms with Gasteiger partial charge < -0.3 is 16.6 Å². The Kier molecular flexibility index (Phi) is 9.84. The number of primary amides is 1. The third-order valence-electron chi connectivity index (χ3n) is 1.05. The zero-order chi connectivity index (χ0) is 8.57. The van der Waals surface area contributed by atoms with Gasteiger partial charge in [0, 0.05) is 6.04 Å². The van der Waals surface area contributed by atoms with Gasteiger partial charge in [0.05, 0.1) is 0 Å². The van der Waals surface area contributed by atoms with E-state index in [0.717, 1.165) is 12.8 Å². The van der Waals surface area contributed by atoms with Crippen molar-refractivity contribution in [3.63, 3.8) is 0 Å². The molecule has 0 aromatic rings. The Morgan fingerprint density at radius 3 is 1.70 bits per heavy atom. The van der Waals surface area contributed by atoms with Gasteiger partial charge >= 0.3 is 6.09 Å². The smallest absolute Gasteiger partial charge is 0.402 e. The molecule has 0 aromatic carbocycles. The monoisotopic (exact) mass is 148 g/mol. The lowest BCUT2D eigenvalue weighted by atomic mass is 10.2. The quantitative estimate of drug-likeness (QED) is 0.540. The highest BCUT2D eigenvalue weighted by atomic mass is 16.4. The van der Waals surface area contributed by atoms with Gasteiger partial charge in [0.1, 0.15) is 0 Å². The first kappa shape index (κ1) is 12.0. The Hall–Kier alpha value is -0.770. The zero-order valence-electron chi connectivity index (χ0n) is 6.50. The SMILES string of the molecule is CCC(N)CC.NC(=O)O. The molecule has 0 rings (SSSR count). The molecule has 4 heteroatoms. The van der Waals surface area contributed by atoms with Crippen molar-refractivity contribution < 1.29 is 9.90 Å². The minimum absolute atomic E-state index is 0.435. The van der Waals surface area contributed by atoms with Crippen molar-refractivity contribution in [2.45, 2.75) is 32.7 Å². The molecule has 0 saturated heterocycles. The summed E-state index contributed by atoms with van der Waals surface area (Å²) >= 11 is 0. The maximum Gasteiger partial charge on any atom is 0.402 e. The molecule has 1 amide bonds. The summed E-state index contributed by atoms with van der Waals surface area (Å²) in [5.74, 6) is 0. The Balaban J connectivity index is 0. The lowest BCUT2D eigenvalue weighted by Crippen LogP contribution is -2.16. The normalized spacial score (nSPS) is 8.40. The molecule has 0 fully saturated rings. The fraction of sp³-hybridized carbons (Fsp3) is 0.833. The molecule has 0 aromatic heterocycles. The van der Waals surface area contributed by atoms with Crippen LogP contribution >= 0.6 is 0 Å². The average Bonchev–Trinajstić information content (AvgIpc) is 1.85. The van der Waals surface area contributed by atoms with Gasteiger partial charge in [-0.25, -0.2) is 4.79 Å². The summed E-state index contributed by atoms with van der Waals surface area (Å²) in [6, 6.07) is 0.435. The highest BCUT2D eigenvalue weighted by Crippen LogP contribution is 1.88. The predicted molar refractivity (Wildman–Crippen MR) is 40.8 cm³/mol. The summed E-state index contributed by atoms with van der Waals surface area (Å²) in [6.07, 6.45) is 0.882. The van der Waals surface area contributed by atoms with Gasteiger partial charge in [-0.05, 0) is 12.8 Å². The fourth-order valence-electron chi connectivity index (χ4n) is 0.289. The number of hydrogen-bond acceptors (Lipinski definition) is 2. The van der Waals surface area contributed by atoms with Gasteiger partial charge in [-0.2, -0.15) is 0 Å². The van der Waals surface area contributed by atoms with Gasteiger partial charge in [-0.3, -0.25) is 0 Å². The lowest BCUT2D eigenvalue weighted by Gasteiger charge is -1.99. The lowest BCUT2D eigenvalue weighted by molar-refractivity contribution is 0.205. The molecule has 0 aliphatic heterocycles. The van der Waals surface area contributed by atoms with Crippen molar-refractivity contribution >= 4 is 6.09 Å². The van der Waals surface area contributed by atoms with Crippen LogP contribution in [0.1, 0.15) is 26.7 Å². The van der Waals surface area contributed by atoms with Crippen molar-refractivity contribution in [3.05, 3.63) is 0 Å². The number of hydrogen-bond donors (Lipinski definition) is 3. The first-order valence-electron chi connectivity index (χ1n) is 3.28. The van der Waals surface area contributed by atoms with Crippen molar-refractivity contribution in [3.8, 4) is 0 Å². The Morgan fingerprint density at radius 2 is 1.70 bits per heavy atom. The maximum absolute atomic E-state index is 8.78. The summed E-state index contributed by atoms with van der Waals surface area (Å²) in [5.41, 5.74) is 9.50. The van der Waals surface area contributed by atoms with Crippen LogP contribution in [-0.4, -0.2) is 17.2 Å². The Labute approximate surface area is 61.2 Å². The van der Waals surface area contributed by atoms with E-state index in [-0.39, 0.29) is 0 Å². The van der Waals surface area contributed by atoms with Crippen LogP contribution in [0.15, 0.2) is 0 Å². The molecule has 0 radical (unpaired) electrons. The van der Waals surface area contributed by atoms with Crippen molar-refractivity contribution in [1.82, 2.24) is 0 Å². The van der Waals surface area contributed by atoms with Crippen molar-refractivity contribution in [2.24, 2.45) is 11.5 Å². The number of nitrogens with two attached hydrogens (primary N) is 2. The topological polar surface area (TPSA) is 89.3 Å². The first-order chi connectivity index (χ1) is 4.54. The van der Waals surface area contributed by atoms with Crippen LogP contribution in [0.25, 0.3) is 0 Å². The van der Waals surface area contributed by atoms with Crippen LogP contribution in [0.2, 0.25) is 0 Å². The minimum Gasteiger partial charge on any atom is -0.465 e. The summed E-state index contributed by atoms with van der Waals surface area (Å²) in [7, 11) is 0. The fourth-order valence-corrected chi connectivity index (χ4v) is 0.289. The van der Waals surface area contributed by atoms with E-state index in [0.29, 0.717) is 6.04 Å². The van der Waals surface area contributed by atoms with Crippen LogP contribution < -0.4 is 11.5 Å². The van der Waals surface area contributed by atoms with Crippen molar-refractivity contribution in [2.75, 3.05) is 0 Å². The molecular formula is C6H16N2O2. The van der Waals surface area contributed by atoms with E-state index >= 15 is 0 Å². The van der Waals surface area contributed by atoms with Crippen LogP contribution in [0.3, 0.4) is 0 Å². The van der Waals surface area contributed by atoms with E-state index in [9.17, 15) is 0 Å². The molecule has 5 N–H and O–H groups in total. The zero-order valence-corrected chi connectivity index (χ0v) is 6.50. The first-order valence-corrected chi connectivity index (χ1v) is 3.28. The molecule has 0 saturated carbocycles. The summed E-state index contributed by atoms with van der Waals surface area (Å²) in [6.45, 7) is 4.21. The standard InChI is InChI=1S/C5H13N.CH3NO2/c1-3-5(6)4-2;2-1(3)4/h5H,3-4,6H2,1-2H3;2H2,(H,3,4). The summed E-state index contributed by atoms with van der Waals surface area (Å²) < 4.78 is 0. The predicted octanol–water partition coefficient (Wildman–Crippen LogP) is 0.757. The average molecular weight is 148 g/mol. The van der Waals surface area contributed by atoms with Crippen LogP contribution in [0.4, 0.5) is 4.79 Å². The molecule has 0 heterocycles. The second-order valence-corrected chi connectivity index (χ2v) is 1.91. The van der Waals surface area contributed by atoms with Crippen LogP contribution in [0, 0.1) is 0 Å². The molecule has 0 aliphatic carbocycles. The number of amides is 1. The number of carbonyl (C=O) groups is 1. The molecule has 62 valence electrons. The molecule has 0 unspecified atom stereocenters. The molecule has 0 bridgehead atoms. The number of carboxylic acid groups (broad SMARTS) is 1. The summed E-state index contributed by atoms with van der Waals surface area (Å²) in [5, 5.41) is 7.19. The largest absolute Gasteiger partial charge is 0.465 e. The third-order valence-corrected chi connectivity index (χ3v) is 1.05.